The van der Waals surface area contributed by atoms with Crippen LogP contribution in [0.2, 0.25) is 0 Å². The van der Waals surface area contributed by atoms with E-state index in [0.29, 0.717) is 17.9 Å². The Morgan fingerprint density at radius 3 is 2.68 bits per heavy atom. The van der Waals surface area contributed by atoms with Gasteiger partial charge in [-0.1, -0.05) is 18.1 Å². The summed E-state index contributed by atoms with van der Waals surface area (Å²) in [6.07, 6.45) is 5.55. The summed E-state index contributed by atoms with van der Waals surface area (Å²) in [6, 6.07) is 5.43. The highest BCUT2D eigenvalue weighted by Gasteiger charge is 2.12. The SMILES string of the molecule is C#CCNC(=O)COC(=O)CCc1cccc(OC)c1OC. The summed E-state index contributed by atoms with van der Waals surface area (Å²) in [5.41, 5.74) is 0.829. The molecule has 6 heteroatoms. The average molecular weight is 305 g/mol. The fourth-order valence-electron chi connectivity index (χ4n) is 1.81. The molecule has 1 N–H and O–H groups in total. The molecule has 0 heterocycles. The third kappa shape index (κ3) is 5.37. The molecule has 118 valence electrons. The Labute approximate surface area is 129 Å². The summed E-state index contributed by atoms with van der Waals surface area (Å²) in [5, 5.41) is 2.41. The van der Waals surface area contributed by atoms with Crippen LogP contribution >= 0.6 is 0 Å². The second-order valence-corrected chi connectivity index (χ2v) is 4.29. The zero-order chi connectivity index (χ0) is 16.4. The Hall–Kier alpha value is -2.68. The molecule has 1 amide bonds. The van der Waals surface area contributed by atoms with E-state index < -0.39 is 11.9 Å². The number of terminal acetylenes is 1. The van der Waals surface area contributed by atoms with Crippen LogP contribution in [0.15, 0.2) is 18.2 Å². The summed E-state index contributed by atoms with van der Waals surface area (Å²) in [7, 11) is 3.08. The van der Waals surface area contributed by atoms with Crippen molar-refractivity contribution >= 4 is 11.9 Å². The van der Waals surface area contributed by atoms with Crippen LogP contribution in [0.1, 0.15) is 12.0 Å². The predicted molar refractivity (Wildman–Crippen MR) is 80.7 cm³/mol. The molecule has 0 aliphatic heterocycles. The largest absolute Gasteiger partial charge is 0.493 e. The van der Waals surface area contributed by atoms with Crippen LogP contribution < -0.4 is 14.8 Å². The zero-order valence-corrected chi connectivity index (χ0v) is 12.7. The smallest absolute Gasteiger partial charge is 0.306 e. The summed E-state index contributed by atoms with van der Waals surface area (Å²) in [5.74, 6) is 2.55. The minimum atomic E-state index is -0.472. The van der Waals surface area contributed by atoms with Gasteiger partial charge in [-0.3, -0.25) is 9.59 Å². The quantitative estimate of drug-likeness (QED) is 0.571. The molecule has 0 aliphatic rings. The lowest BCUT2D eigenvalue weighted by atomic mass is 10.1. The van der Waals surface area contributed by atoms with Gasteiger partial charge in [0.05, 0.1) is 20.8 Å². The number of nitrogens with one attached hydrogen (secondary N) is 1. The monoisotopic (exact) mass is 305 g/mol. The van der Waals surface area contributed by atoms with Crippen LogP contribution in [0.3, 0.4) is 0 Å². The van der Waals surface area contributed by atoms with Crippen LogP contribution in [0.5, 0.6) is 11.5 Å². The van der Waals surface area contributed by atoms with Crippen molar-refractivity contribution in [3.05, 3.63) is 23.8 Å². The van der Waals surface area contributed by atoms with E-state index >= 15 is 0 Å². The van der Waals surface area contributed by atoms with E-state index in [4.69, 9.17) is 20.6 Å². The number of ether oxygens (including phenoxy) is 3. The molecule has 0 aromatic heterocycles. The van der Waals surface area contributed by atoms with E-state index in [2.05, 4.69) is 11.2 Å². The van der Waals surface area contributed by atoms with Gasteiger partial charge < -0.3 is 19.5 Å². The van der Waals surface area contributed by atoms with Gasteiger partial charge in [0, 0.05) is 6.42 Å². The molecule has 0 saturated heterocycles. The van der Waals surface area contributed by atoms with Crippen LogP contribution in [0, 0.1) is 12.3 Å². The van der Waals surface area contributed by atoms with E-state index in [1.54, 1.807) is 13.2 Å². The third-order valence-corrected chi connectivity index (χ3v) is 2.83. The van der Waals surface area contributed by atoms with Crippen LogP contribution in [-0.2, 0) is 20.7 Å². The maximum Gasteiger partial charge on any atom is 0.306 e. The highest BCUT2D eigenvalue weighted by atomic mass is 16.5. The van der Waals surface area contributed by atoms with Crippen molar-refractivity contribution in [3.8, 4) is 23.8 Å². The number of carbonyl (C=O) groups is 2. The van der Waals surface area contributed by atoms with Gasteiger partial charge in [0.1, 0.15) is 0 Å². The molecule has 1 aromatic rings. The maximum absolute atomic E-state index is 11.6. The number of methoxy groups -OCH3 is 2. The topological polar surface area (TPSA) is 73.9 Å². The van der Waals surface area contributed by atoms with Gasteiger partial charge in [0.2, 0.25) is 0 Å². The van der Waals surface area contributed by atoms with Crippen LogP contribution in [-0.4, -0.2) is 39.2 Å². The molecule has 6 nitrogen and oxygen atoms in total. The van der Waals surface area contributed by atoms with E-state index in [9.17, 15) is 9.59 Å². The zero-order valence-electron chi connectivity index (χ0n) is 12.7. The van der Waals surface area contributed by atoms with Crippen molar-refractivity contribution in [1.82, 2.24) is 5.32 Å². The second kappa shape index (κ2) is 9.29. The molecule has 0 atom stereocenters. The van der Waals surface area contributed by atoms with Crippen molar-refractivity contribution in [1.29, 1.82) is 0 Å². The number of rotatable bonds is 8. The molecule has 0 unspecified atom stereocenters. The van der Waals surface area contributed by atoms with Crippen molar-refractivity contribution < 1.29 is 23.8 Å². The molecule has 0 saturated carbocycles. The van der Waals surface area contributed by atoms with Gasteiger partial charge in [-0.15, -0.1) is 6.42 Å². The molecule has 22 heavy (non-hydrogen) atoms. The normalized spacial score (nSPS) is 9.50. The first-order chi connectivity index (χ1) is 10.6. The fourth-order valence-corrected chi connectivity index (χ4v) is 1.81. The molecule has 0 bridgehead atoms. The minimum Gasteiger partial charge on any atom is -0.493 e. The van der Waals surface area contributed by atoms with Crippen molar-refractivity contribution in [2.24, 2.45) is 0 Å². The number of para-hydroxylation sites is 1. The Balaban J connectivity index is 2.48. The highest BCUT2D eigenvalue weighted by molar-refractivity contribution is 5.80. The lowest BCUT2D eigenvalue weighted by Crippen LogP contribution is -2.29. The molecular formula is C16H19NO5. The lowest BCUT2D eigenvalue weighted by molar-refractivity contribution is -0.148. The van der Waals surface area contributed by atoms with Gasteiger partial charge in [0.25, 0.3) is 5.91 Å². The first-order valence-electron chi connectivity index (χ1n) is 6.68. The minimum absolute atomic E-state index is 0.109. The molecule has 0 spiro atoms. The lowest BCUT2D eigenvalue weighted by Gasteiger charge is -2.12. The van der Waals surface area contributed by atoms with Gasteiger partial charge >= 0.3 is 5.97 Å². The molecule has 0 fully saturated rings. The molecular weight excluding hydrogens is 286 g/mol. The Morgan fingerprint density at radius 1 is 1.27 bits per heavy atom. The molecule has 1 aromatic carbocycles. The number of esters is 1. The maximum atomic E-state index is 11.6. The van der Waals surface area contributed by atoms with E-state index in [1.807, 2.05) is 12.1 Å². The van der Waals surface area contributed by atoms with E-state index in [-0.39, 0.29) is 19.6 Å². The summed E-state index contributed by atoms with van der Waals surface area (Å²) in [4.78, 5) is 22.9. The Bertz CT molecular complexity index is 562. The van der Waals surface area contributed by atoms with Crippen molar-refractivity contribution in [2.75, 3.05) is 27.4 Å². The van der Waals surface area contributed by atoms with Crippen LogP contribution in [0.25, 0.3) is 0 Å². The first-order valence-corrected chi connectivity index (χ1v) is 6.68. The van der Waals surface area contributed by atoms with Crippen molar-refractivity contribution in [3.63, 3.8) is 0 Å². The number of amides is 1. The number of hydrogen-bond acceptors (Lipinski definition) is 5. The number of benzene rings is 1. The summed E-state index contributed by atoms with van der Waals surface area (Å²) < 4.78 is 15.3. The van der Waals surface area contributed by atoms with Gasteiger partial charge in [-0.05, 0) is 18.1 Å². The standard InChI is InChI=1S/C16H19NO5/c1-4-10-17-14(18)11-22-15(19)9-8-12-6-5-7-13(20-2)16(12)21-3/h1,5-7H,8-11H2,2-3H3,(H,17,18). The van der Waals surface area contributed by atoms with Gasteiger partial charge in [0.15, 0.2) is 18.1 Å². The van der Waals surface area contributed by atoms with Gasteiger partial charge in [-0.25, -0.2) is 0 Å². The Morgan fingerprint density at radius 2 is 2.05 bits per heavy atom. The summed E-state index contributed by atoms with van der Waals surface area (Å²) >= 11 is 0. The van der Waals surface area contributed by atoms with E-state index in [0.717, 1.165) is 5.56 Å². The summed E-state index contributed by atoms with van der Waals surface area (Å²) in [6.45, 7) is -0.229. The van der Waals surface area contributed by atoms with Crippen LogP contribution in [0.4, 0.5) is 0 Å². The molecule has 0 aliphatic carbocycles. The molecule has 1 rings (SSSR count). The first kappa shape index (κ1) is 17.4. The number of hydrogen-bond donors (Lipinski definition) is 1. The average Bonchev–Trinajstić information content (AvgIpc) is 2.55. The molecule has 0 radical (unpaired) electrons. The Kier molecular flexibility index (Phi) is 7.34. The highest BCUT2D eigenvalue weighted by Crippen LogP contribution is 2.31. The fraction of sp³-hybridized carbons (Fsp3) is 0.375. The third-order valence-electron chi connectivity index (χ3n) is 2.83. The number of carbonyl (C=O) groups excluding carboxylic acids is 2. The number of aryl methyl sites for hydroxylation is 1. The van der Waals surface area contributed by atoms with E-state index in [1.165, 1.54) is 7.11 Å². The van der Waals surface area contributed by atoms with Gasteiger partial charge in [-0.2, -0.15) is 0 Å². The predicted octanol–water partition coefficient (Wildman–Crippen LogP) is 0.929. The van der Waals surface area contributed by atoms with Crippen molar-refractivity contribution in [2.45, 2.75) is 12.8 Å². The second-order valence-electron chi connectivity index (χ2n) is 4.29.